The van der Waals surface area contributed by atoms with Gasteiger partial charge in [-0.3, -0.25) is 4.79 Å². The minimum atomic E-state index is -0.731. The van der Waals surface area contributed by atoms with Crippen LogP contribution in [-0.2, 0) is 20.7 Å². The van der Waals surface area contributed by atoms with E-state index in [9.17, 15) is 9.59 Å². The van der Waals surface area contributed by atoms with Gasteiger partial charge in [0.1, 0.15) is 11.8 Å². The Balaban J connectivity index is 2.02. The molecular formula is C21H23NO4. The van der Waals surface area contributed by atoms with Crippen molar-refractivity contribution in [2.24, 2.45) is 0 Å². The topological polar surface area (TPSA) is 64.6 Å². The average molecular weight is 353 g/mol. The zero-order valence-electron chi connectivity index (χ0n) is 15.0. The van der Waals surface area contributed by atoms with E-state index in [0.717, 1.165) is 16.9 Å². The Morgan fingerprint density at radius 1 is 1.08 bits per heavy atom. The summed E-state index contributed by atoms with van der Waals surface area (Å²) in [4.78, 5) is 24.4. The number of carbonyl (C=O) groups excluding carboxylic acids is 2. The molecule has 5 nitrogen and oxygen atoms in total. The van der Waals surface area contributed by atoms with E-state index < -0.39 is 12.0 Å². The number of esters is 1. The van der Waals surface area contributed by atoms with Gasteiger partial charge in [0.15, 0.2) is 0 Å². The van der Waals surface area contributed by atoms with Crippen molar-refractivity contribution >= 4 is 18.0 Å². The summed E-state index contributed by atoms with van der Waals surface area (Å²) in [6.07, 6.45) is 3.46. The van der Waals surface area contributed by atoms with Crippen molar-refractivity contribution in [1.82, 2.24) is 5.32 Å². The second-order valence-corrected chi connectivity index (χ2v) is 5.61. The molecule has 0 bridgehead atoms. The van der Waals surface area contributed by atoms with Crippen LogP contribution >= 0.6 is 0 Å². The summed E-state index contributed by atoms with van der Waals surface area (Å²) < 4.78 is 10.2. The summed E-state index contributed by atoms with van der Waals surface area (Å²) >= 11 is 0. The molecule has 1 amide bonds. The molecule has 0 aliphatic heterocycles. The number of benzene rings is 2. The molecule has 136 valence electrons. The molecule has 0 aliphatic rings. The molecule has 5 heteroatoms. The van der Waals surface area contributed by atoms with Crippen LogP contribution in [-0.4, -0.2) is 31.6 Å². The lowest BCUT2D eigenvalue weighted by molar-refractivity contribution is -0.146. The molecule has 26 heavy (non-hydrogen) atoms. The first kappa shape index (κ1) is 19.2. The molecule has 2 rings (SSSR count). The number of ether oxygens (including phenoxy) is 2. The predicted molar refractivity (Wildman–Crippen MR) is 101 cm³/mol. The van der Waals surface area contributed by atoms with Gasteiger partial charge in [-0.2, -0.15) is 0 Å². The summed E-state index contributed by atoms with van der Waals surface area (Å²) in [6, 6.07) is 16.1. The highest BCUT2D eigenvalue weighted by atomic mass is 16.5. The van der Waals surface area contributed by atoms with Crippen LogP contribution in [0.2, 0.25) is 0 Å². The molecule has 2 aromatic carbocycles. The smallest absolute Gasteiger partial charge is 0.328 e. The minimum absolute atomic E-state index is 0.266. The van der Waals surface area contributed by atoms with Gasteiger partial charge in [-0.05, 0) is 36.3 Å². The Morgan fingerprint density at radius 2 is 1.77 bits per heavy atom. The van der Waals surface area contributed by atoms with E-state index in [1.807, 2.05) is 54.6 Å². The maximum absolute atomic E-state index is 12.2. The van der Waals surface area contributed by atoms with Crippen molar-refractivity contribution in [3.8, 4) is 5.75 Å². The third kappa shape index (κ3) is 6.09. The van der Waals surface area contributed by atoms with Gasteiger partial charge < -0.3 is 14.8 Å². The first-order chi connectivity index (χ1) is 12.6. The third-order valence-electron chi connectivity index (χ3n) is 3.71. The third-order valence-corrected chi connectivity index (χ3v) is 3.71. The molecule has 0 radical (unpaired) electrons. The van der Waals surface area contributed by atoms with Crippen LogP contribution in [0.15, 0.2) is 60.7 Å². The van der Waals surface area contributed by atoms with Crippen LogP contribution in [0.3, 0.4) is 0 Å². The molecule has 1 atom stereocenters. The van der Waals surface area contributed by atoms with Crippen LogP contribution < -0.4 is 10.1 Å². The number of methoxy groups -OCH3 is 1. The molecule has 0 aliphatic carbocycles. The minimum Gasteiger partial charge on any atom is -0.497 e. The summed E-state index contributed by atoms with van der Waals surface area (Å²) in [5, 5.41) is 2.72. The van der Waals surface area contributed by atoms with Crippen LogP contribution in [0.25, 0.3) is 6.08 Å². The van der Waals surface area contributed by atoms with Crippen molar-refractivity contribution in [1.29, 1.82) is 0 Å². The predicted octanol–water partition coefficient (Wildman–Crippen LogP) is 3.00. The van der Waals surface area contributed by atoms with E-state index in [-0.39, 0.29) is 12.5 Å². The van der Waals surface area contributed by atoms with E-state index in [1.54, 1.807) is 20.1 Å². The highest BCUT2D eigenvalue weighted by Crippen LogP contribution is 2.12. The fourth-order valence-electron chi connectivity index (χ4n) is 2.39. The number of rotatable bonds is 8. The van der Waals surface area contributed by atoms with Gasteiger partial charge in [-0.15, -0.1) is 0 Å². The lowest BCUT2D eigenvalue weighted by Crippen LogP contribution is -2.42. The van der Waals surface area contributed by atoms with Crippen LogP contribution in [0.5, 0.6) is 5.75 Å². The summed E-state index contributed by atoms with van der Waals surface area (Å²) in [5.41, 5.74) is 1.81. The largest absolute Gasteiger partial charge is 0.497 e. The van der Waals surface area contributed by atoms with Crippen LogP contribution in [0, 0.1) is 0 Å². The van der Waals surface area contributed by atoms with Gasteiger partial charge in [0.2, 0.25) is 5.91 Å². The molecule has 0 fully saturated rings. The van der Waals surface area contributed by atoms with E-state index in [2.05, 4.69) is 5.32 Å². The molecule has 0 unspecified atom stereocenters. The molecule has 0 saturated carbocycles. The summed E-state index contributed by atoms with van der Waals surface area (Å²) in [7, 11) is 1.60. The maximum Gasteiger partial charge on any atom is 0.328 e. The van der Waals surface area contributed by atoms with Gasteiger partial charge in [0.25, 0.3) is 0 Å². The Hall–Kier alpha value is -3.08. The molecule has 0 spiro atoms. The fourth-order valence-corrected chi connectivity index (χ4v) is 2.39. The lowest BCUT2D eigenvalue weighted by Gasteiger charge is -2.16. The summed E-state index contributed by atoms with van der Waals surface area (Å²) in [6.45, 7) is 2.00. The van der Waals surface area contributed by atoms with Gasteiger partial charge in [0, 0.05) is 12.5 Å². The SMILES string of the molecule is CCOC(=O)[C@H](Cc1ccccc1)NC(=O)/C=C/c1ccc(OC)cc1. The second-order valence-electron chi connectivity index (χ2n) is 5.61. The van der Waals surface area contributed by atoms with E-state index in [4.69, 9.17) is 9.47 Å². The average Bonchev–Trinajstić information content (AvgIpc) is 2.67. The van der Waals surface area contributed by atoms with Crippen molar-refractivity contribution in [3.63, 3.8) is 0 Å². The van der Waals surface area contributed by atoms with Crippen molar-refractivity contribution < 1.29 is 19.1 Å². The van der Waals surface area contributed by atoms with Crippen LogP contribution in [0.1, 0.15) is 18.1 Å². The standard InChI is InChI=1S/C21H23NO4/c1-3-26-21(24)19(15-17-7-5-4-6-8-17)22-20(23)14-11-16-9-12-18(25-2)13-10-16/h4-14,19H,3,15H2,1-2H3,(H,22,23)/b14-11+/t19-/m0/s1. The second kappa shape index (κ2) is 10.0. The molecule has 0 heterocycles. The monoisotopic (exact) mass is 353 g/mol. The number of amides is 1. The highest BCUT2D eigenvalue weighted by molar-refractivity contribution is 5.94. The van der Waals surface area contributed by atoms with Gasteiger partial charge >= 0.3 is 5.97 Å². The van der Waals surface area contributed by atoms with Gasteiger partial charge in [-0.1, -0.05) is 42.5 Å². The number of nitrogens with one attached hydrogen (secondary N) is 1. The quantitative estimate of drug-likeness (QED) is 0.585. The Kier molecular flexibility index (Phi) is 7.43. The molecular weight excluding hydrogens is 330 g/mol. The van der Waals surface area contributed by atoms with Gasteiger partial charge in [0.05, 0.1) is 13.7 Å². The van der Waals surface area contributed by atoms with Crippen molar-refractivity contribution in [2.75, 3.05) is 13.7 Å². The lowest BCUT2D eigenvalue weighted by atomic mass is 10.1. The first-order valence-corrected chi connectivity index (χ1v) is 8.45. The van der Waals surface area contributed by atoms with Crippen LogP contribution in [0.4, 0.5) is 0 Å². The van der Waals surface area contributed by atoms with E-state index >= 15 is 0 Å². The number of hydrogen-bond donors (Lipinski definition) is 1. The Labute approximate surface area is 153 Å². The van der Waals surface area contributed by atoms with E-state index in [0.29, 0.717) is 6.42 Å². The van der Waals surface area contributed by atoms with E-state index in [1.165, 1.54) is 6.08 Å². The fraction of sp³-hybridized carbons (Fsp3) is 0.238. The number of carbonyl (C=O) groups is 2. The zero-order valence-corrected chi connectivity index (χ0v) is 15.0. The first-order valence-electron chi connectivity index (χ1n) is 8.45. The molecule has 0 saturated heterocycles. The maximum atomic E-state index is 12.2. The number of hydrogen-bond acceptors (Lipinski definition) is 4. The van der Waals surface area contributed by atoms with Gasteiger partial charge in [-0.25, -0.2) is 4.79 Å². The molecule has 0 aromatic heterocycles. The Bertz CT molecular complexity index is 738. The highest BCUT2D eigenvalue weighted by Gasteiger charge is 2.21. The molecule has 1 N–H and O–H groups in total. The summed E-state index contributed by atoms with van der Waals surface area (Å²) in [5.74, 6) is -0.0470. The Morgan fingerprint density at radius 3 is 2.38 bits per heavy atom. The van der Waals surface area contributed by atoms with Crippen molar-refractivity contribution in [2.45, 2.75) is 19.4 Å². The zero-order chi connectivity index (χ0) is 18.8. The molecule has 2 aromatic rings. The normalized spacial score (nSPS) is 11.8. The van der Waals surface area contributed by atoms with Crippen molar-refractivity contribution in [3.05, 3.63) is 71.8 Å².